The topological polar surface area (TPSA) is 95.0 Å². The molecule has 0 saturated carbocycles. The van der Waals surface area contributed by atoms with E-state index in [1.807, 2.05) is 0 Å². The van der Waals surface area contributed by atoms with Gasteiger partial charge in [0.15, 0.2) is 0 Å². The largest absolute Gasteiger partial charge is 0.497 e. The van der Waals surface area contributed by atoms with Gasteiger partial charge in [-0.05, 0) is 19.1 Å². The Morgan fingerprint density at radius 2 is 1.79 bits per heavy atom. The molecule has 8 heteroatoms. The molecule has 0 fully saturated rings. The molecule has 0 spiro atoms. The Hall–Kier alpha value is -3.03. The average molecular weight is 333 g/mol. The van der Waals surface area contributed by atoms with Crippen LogP contribution in [0.25, 0.3) is 0 Å². The fraction of sp³-hybridized carbons (Fsp3) is 0.312. The molecule has 24 heavy (non-hydrogen) atoms. The second-order valence-corrected chi connectivity index (χ2v) is 5.14. The van der Waals surface area contributed by atoms with Crippen molar-refractivity contribution in [2.24, 2.45) is 19.1 Å². The highest BCUT2D eigenvalue weighted by Gasteiger charge is 2.18. The van der Waals surface area contributed by atoms with Gasteiger partial charge in [-0.15, -0.1) is 0 Å². The van der Waals surface area contributed by atoms with Crippen LogP contribution in [0.1, 0.15) is 12.5 Å². The molecule has 0 unspecified atom stereocenters. The summed E-state index contributed by atoms with van der Waals surface area (Å²) in [7, 11) is 5.75. The number of aliphatic imine (C=N–C) groups is 1. The van der Waals surface area contributed by atoms with Gasteiger partial charge in [-0.25, -0.2) is 9.79 Å². The summed E-state index contributed by atoms with van der Waals surface area (Å²) in [4.78, 5) is 28.5. The fourth-order valence-electron chi connectivity index (χ4n) is 2.26. The molecule has 8 nitrogen and oxygen atoms in total. The van der Waals surface area contributed by atoms with E-state index in [0.29, 0.717) is 17.2 Å². The summed E-state index contributed by atoms with van der Waals surface area (Å²) in [5.74, 6) is 0.621. The Labute approximate surface area is 138 Å². The van der Waals surface area contributed by atoms with Crippen molar-refractivity contribution in [3.63, 3.8) is 0 Å². The fourth-order valence-corrected chi connectivity index (χ4v) is 2.26. The smallest absolute Gasteiger partial charge is 0.333 e. The molecule has 0 atom stereocenters. The monoisotopic (exact) mass is 333 g/mol. The maximum Gasteiger partial charge on any atom is 0.333 e. The number of nitrogens with zero attached hydrogens (tertiary/aromatic N) is 3. The van der Waals surface area contributed by atoms with Gasteiger partial charge in [0, 0.05) is 20.2 Å². The Morgan fingerprint density at radius 1 is 1.12 bits per heavy atom. The van der Waals surface area contributed by atoms with E-state index in [9.17, 15) is 14.7 Å². The van der Waals surface area contributed by atoms with Crippen molar-refractivity contribution in [1.29, 1.82) is 0 Å². The van der Waals surface area contributed by atoms with E-state index in [0.717, 1.165) is 9.13 Å². The maximum absolute atomic E-state index is 12.3. The van der Waals surface area contributed by atoms with Crippen molar-refractivity contribution in [2.45, 2.75) is 6.92 Å². The lowest BCUT2D eigenvalue weighted by Gasteiger charge is -2.11. The van der Waals surface area contributed by atoms with Gasteiger partial charge in [-0.3, -0.25) is 13.9 Å². The van der Waals surface area contributed by atoms with Crippen LogP contribution in [0.4, 0.5) is 5.69 Å². The highest BCUT2D eigenvalue weighted by molar-refractivity contribution is 6.02. The van der Waals surface area contributed by atoms with E-state index in [-0.39, 0.29) is 11.3 Å². The predicted octanol–water partition coefficient (Wildman–Crippen LogP) is 0.948. The summed E-state index contributed by atoms with van der Waals surface area (Å²) in [6.45, 7) is 1.57. The molecule has 0 amide bonds. The van der Waals surface area contributed by atoms with E-state index in [1.165, 1.54) is 28.3 Å². The lowest BCUT2D eigenvalue weighted by Crippen LogP contribution is -2.39. The molecule has 2 rings (SSSR count). The standard InChI is InChI=1S/C16H19N3O5/c1-9(13-14(20)18(2)16(22)19(3)15(13)21)17-11-7-6-10(23-4)8-12(11)24-5/h6-8,20H,1-5H3. The molecule has 1 N–H and O–H groups in total. The molecule has 128 valence electrons. The summed E-state index contributed by atoms with van der Waals surface area (Å²) < 4.78 is 12.3. The summed E-state index contributed by atoms with van der Waals surface area (Å²) >= 11 is 0. The molecule has 0 aliphatic heterocycles. The van der Waals surface area contributed by atoms with E-state index in [1.54, 1.807) is 25.1 Å². The molecule has 1 aromatic heterocycles. The molecular formula is C16H19N3O5. The maximum atomic E-state index is 12.3. The second kappa shape index (κ2) is 6.61. The van der Waals surface area contributed by atoms with Gasteiger partial charge in [-0.2, -0.15) is 0 Å². The lowest BCUT2D eigenvalue weighted by atomic mass is 10.2. The Bertz CT molecular complexity index is 925. The highest BCUT2D eigenvalue weighted by Crippen LogP contribution is 2.32. The molecule has 0 saturated heterocycles. The van der Waals surface area contributed by atoms with Crippen LogP contribution in [0, 0.1) is 0 Å². The molecule has 0 radical (unpaired) electrons. The first-order valence-corrected chi connectivity index (χ1v) is 7.08. The molecule has 0 aliphatic rings. The first kappa shape index (κ1) is 17.3. The third-order valence-corrected chi connectivity index (χ3v) is 3.67. The molecule has 0 bridgehead atoms. The normalized spacial score (nSPS) is 11.5. The zero-order chi connectivity index (χ0) is 18.0. The van der Waals surface area contributed by atoms with Gasteiger partial charge in [-0.1, -0.05) is 0 Å². The quantitative estimate of drug-likeness (QED) is 0.841. The van der Waals surface area contributed by atoms with Gasteiger partial charge in [0.25, 0.3) is 5.56 Å². The van der Waals surface area contributed by atoms with E-state index in [4.69, 9.17) is 9.47 Å². The number of ether oxygens (including phenoxy) is 2. The molecule has 0 aliphatic carbocycles. The van der Waals surface area contributed by atoms with Crippen LogP contribution in [0.5, 0.6) is 17.4 Å². The molecule has 2 aromatic rings. The van der Waals surface area contributed by atoms with Crippen LogP contribution < -0.4 is 20.7 Å². The molecule has 1 aromatic carbocycles. The Kier molecular flexibility index (Phi) is 4.77. The minimum Gasteiger partial charge on any atom is -0.497 e. The molecule has 1 heterocycles. The Morgan fingerprint density at radius 3 is 2.38 bits per heavy atom. The highest BCUT2D eigenvalue weighted by atomic mass is 16.5. The van der Waals surface area contributed by atoms with E-state index in [2.05, 4.69) is 4.99 Å². The summed E-state index contributed by atoms with van der Waals surface area (Å²) in [5, 5.41) is 10.2. The van der Waals surface area contributed by atoms with Gasteiger partial charge >= 0.3 is 5.69 Å². The van der Waals surface area contributed by atoms with E-state index < -0.39 is 17.1 Å². The predicted molar refractivity (Wildman–Crippen MR) is 90.0 cm³/mol. The zero-order valence-corrected chi connectivity index (χ0v) is 14.2. The summed E-state index contributed by atoms with van der Waals surface area (Å²) in [6, 6.07) is 5.03. The summed E-state index contributed by atoms with van der Waals surface area (Å²) in [6.07, 6.45) is 0. The number of rotatable bonds is 4. The van der Waals surface area contributed by atoms with Crippen LogP contribution >= 0.6 is 0 Å². The van der Waals surface area contributed by atoms with Crippen LogP contribution in [-0.2, 0) is 14.1 Å². The van der Waals surface area contributed by atoms with E-state index >= 15 is 0 Å². The van der Waals surface area contributed by atoms with Crippen molar-refractivity contribution in [1.82, 2.24) is 9.13 Å². The van der Waals surface area contributed by atoms with Crippen molar-refractivity contribution >= 4 is 11.4 Å². The average Bonchev–Trinajstić information content (AvgIpc) is 2.58. The van der Waals surface area contributed by atoms with Crippen LogP contribution in [0.15, 0.2) is 32.8 Å². The third-order valence-electron chi connectivity index (χ3n) is 3.67. The number of hydrogen-bond donors (Lipinski definition) is 1. The van der Waals surface area contributed by atoms with Crippen LogP contribution in [0.2, 0.25) is 0 Å². The number of benzene rings is 1. The van der Waals surface area contributed by atoms with Gasteiger partial charge < -0.3 is 14.6 Å². The molecular weight excluding hydrogens is 314 g/mol. The van der Waals surface area contributed by atoms with Crippen LogP contribution in [-0.4, -0.2) is 34.2 Å². The Balaban J connectivity index is 2.66. The second-order valence-electron chi connectivity index (χ2n) is 5.14. The minimum absolute atomic E-state index is 0.0440. The van der Waals surface area contributed by atoms with Gasteiger partial charge in [0.05, 0.1) is 19.9 Å². The van der Waals surface area contributed by atoms with Crippen molar-refractivity contribution in [2.75, 3.05) is 14.2 Å². The number of hydrogen-bond acceptors (Lipinski definition) is 6. The van der Waals surface area contributed by atoms with Crippen molar-refractivity contribution < 1.29 is 14.6 Å². The first-order valence-electron chi connectivity index (χ1n) is 7.08. The van der Waals surface area contributed by atoms with Gasteiger partial charge in [0.2, 0.25) is 5.88 Å². The zero-order valence-electron chi connectivity index (χ0n) is 14.2. The number of methoxy groups -OCH3 is 2. The van der Waals surface area contributed by atoms with Crippen LogP contribution in [0.3, 0.4) is 0 Å². The lowest BCUT2D eigenvalue weighted by molar-refractivity contribution is 0.395. The van der Waals surface area contributed by atoms with Crippen molar-refractivity contribution in [3.8, 4) is 17.4 Å². The number of aromatic nitrogens is 2. The minimum atomic E-state index is -0.621. The first-order chi connectivity index (χ1) is 11.3. The SMILES string of the molecule is COc1ccc(N=C(C)c2c(O)n(C)c(=O)n(C)c2=O)c(OC)c1. The number of aromatic hydroxyl groups is 1. The van der Waals surface area contributed by atoms with Crippen molar-refractivity contribution in [3.05, 3.63) is 44.6 Å². The summed E-state index contributed by atoms with van der Waals surface area (Å²) in [5.41, 5.74) is -0.559. The van der Waals surface area contributed by atoms with Gasteiger partial charge in [0.1, 0.15) is 22.7 Å². The third kappa shape index (κ3) is 2.90.